The van der Waals surface area contributed by atoms with Crippen molar-refractivity contribution in [1.82, 2.24) is 57.1 Å². The van der Waals surface area contributed by atoms with Gasteiger partial charge in [-0.3, -0.25) is 40.6 Å². The van der Waals surface area contributed by atoms with Crippen LogP contribution in [0.25, 0.3) is 30.6 Å². The van der Waals surface area contributed by atoms with Gasteiger partial charge in [0.2, 0.25) is 17.7 Å². The monoisotopic (exact) mass is 905 g/mol. The van der Waals surface area contributed by atoms with Crippen molar-refractivity contribution < 1.29 is 14.4 Å². The van der Waals surface area contributed by atoms with Gasteiger partial charge in [-0.15, -0.1) is 0 Å². The van der Waals surface area contributed by atoms with Crippen LogP contribution in [0.2, 0.25) is 0 Å². The van der Waals surface area contributed by atoms with Crippen LogP contribution in [-0.4, -0.2) is 150 Å². The summed E-state index contributed by atoms with van der Waals surface area (Å²) in [5, 5.41) is 8.19. The lowest BCUT2D eigenvalue weighted by Crippen LogP contribution is -2.48. The highest BCUT2D eigenvalue weighted by Gasteiger charge is 2.23. The van der Waals surface area contributed by atoms with E-state index in [1.54, 1.807) is 34.2 Å². The normalized spacial score (nSPS) is 16.0. The molecule has 0 radical (unpaired) electrons. The fourth-order valence-electron chi connectivity index (χ4n) is 7.44. The Morgan fingerprint density at radius 3 is 1.60 bits per heavy atom. The molecule has 0 saturated carbocycles. The fraction of sp³-hybridized carbons (Fsp3) is 0.475. The number of likely N-dealkylation sites (N-methyl/N-ethyl adjacent to an activating group) is 1. The summed E-state index contributed by atoms with van der Waals surface area (Å²) < 4.78 is 4.49. The zero-order chi connectivity index (χ0) is 44.1. The Labute approximate surface area is 368 Å². The average molecular weight is 906 g/mol. The maximum atomic E-state index is 12.4. The van der Waals surface area contributed by atoms with Crippen molar-refractivity contribution in [3.05, 3.63) is 78.3 Å². The van der Waals surface area contributed by atoms with Crippen LogP contribution in [0.15, 0.2) is 44.8 Å². The number of rotatable bonds is 6. The zero-order valence-electron chi connectivity index (χ0n) is 35.2. The predicted molar refractivity (Wildman–Crippen MR) is 243 cm³/mol. The first-order chi connectivity index (χ1) is 29.8. The molecule has 3 aliphatic heterocycles. The van der Waals surface area contributed by atoms with Crippen molar-refractivity contribution in [2.45, 2.75) is 40.4 Å². The number of aromatic nitrogens is 6. The van der Waals surface area contributed by atoms with Crippen molar-refractivity contribution in [1.29, 1.82) is 0 Å². The van der Waals surface area contributed by atoms with Crippen LogP contribution in [0, 0.1) is 20.8 Å². The first kappa shape index (κ1) is 44.7. The van der Waals surface area contributed by atoms with E-state index < -0.39 is 0 Å². The molecule has 0 spiro atoms. The molecule has 0 aromatic carbocycles. The third kappa shape index (κ3) is 10.3. The molecule has 62 heavy (non-hydrogen) atoms. The van der Waals surface area contributed by atoms with Gasteiger partial charge in [0.1, 0.15) is 39.9 Å². The molecular formula is C40H51N13O6S3. The number of carbonyl (C=O) groups is 3. The molecule has 0 unspecified atom stereocenters. The fourth-order valence-corrected chi connectivity index (χ4v) is 10.5. The molecule has 3 saturated heterocycles. The van der Waals surface area contributed by atoms with E-state index in [1.165, 1.54) is 46.5 Å². The first-order valence-electron chi connectivity index (χ1n) is 20.4. The maximum absolute atomic E-state index is 12.4. The van der Waals surface area contributed by atoms with Crippen LogP contribution >= 0.6 is 34.6 Å². The van der Waals surface area contributed by atoms with Crippen LogP contribution in [0.4, 0.5) is 5.82 Å². The zero-order valence-corrected chi connectivity index (χ0v) is 37.7. The van der Waals surface area contributed by atoms with E-state index in [0.717, 1.165) is 56.1 Å². The molecule has 0 atom stereocenters. The number of piperazine rings is 3. The number of hydrogen-bond donors (Lipinski definition) is 3. The number of amides is 3. The van der Waals surface area contributed by atoms with Crippen LogP contribution < -0.4 is 33.0 Å². The van der Waals surface area contributed by atoms with Crippen molar-refractivity contribution in [2.75, 3.05) is 91.3 Å². The second kappa shape index (κ2) is 19.8. The number of nitrogens with one attached hydrogen (secondary N) is 2. The van der Waals surface area contributed by atoms with Gasteiger partial charge in [0.15, 0.2) is 0 Å². The number of nitrogens with zero attached hydrogens (tertiary/aromatic N) is 10. The van der Waals surface area contributed by atoms with E-state index in [1.807, 2.05) is 38.8 Å². The summed E-state index contributed by atoms with van der Waals surface area (Å²) >= 11 is 3.72. The molecule has 3 fully saturated rings. The molecule has 3 amide bonds. The minimum atomic E-state index is -0.160. The van der Waals surface area contributed by atoms with Gasteiger partial charge in [-0.2, -0.15) is 0 Å². The third-order valence-electron chi connectivity index (χ3n) is 10.8. The highest BCUT2D eigenvalue weighted by molar-refractivity contribution is 7.14. The molecule has 0 bridgehead atoms. The van der Waals surface area contributed by atoms with Crippen LogP contribution in [0.1, 0.15) is 16.8 Å². The minimum Gasteiger partial charge on any atom is -0.384 e. The smallest absolute Gasteiger partial charge is 0.270 e. The highest BCUT2D eigenvalue weighted by Crippen LogP contribution is 2.21. The number of hydrogen-bond acceptors (Lipinski definition) is 16. The Morgan fingerprint density at radius 1 is 0.629 bits per heavy atom. The van der Waals surface area contributed by atoms with Gasteiger partial charge in [-0.1, -0.05) is 0 Å². The van der Waals surface area contributed by atoms with Gasteiger partial charge in [-0.05, 0) is 97.8 Å². The molecule has 19 nitrogen and oxygen atoms in total. The number of nitrogen functional groups attached to an aromatic ring is 1. The third-order valence-corrected chi connectivity index (χ3v) is 13.8. The quantitative estimate of drug-likeness (QED) is 0.208. The summed E-state index contributed by atoms with van der Waals surface area (Å²) in [6.45, 7) is 15.2. The van der Waals surface area contributed by atoms with Gasteiger partial charge in [0.05, 0.1) is 16.2 Å². The second-order valence-electron chi connectivity index (χ2n) is 15.4. The van der Waals surface area contributed by atoms with Crippen molar-refractivity contribution >= 4 is 88.8 Å². The van der Waals surface area contributed by atoms with Gasteiger partial charge in [0.25, 0.3) is 16.7 Å². The van der Waals surface area contributed by atoms with Gasteiger partial charge in [0, 0.05) is 90.4 Å². The lowest BCUT2D eigenvalue weighted by molar-refractivity contribution is -0.133. The lowest BCUT2D eigenvalue weighted by atomic mass is 10.2. The first-order valence-corrected chi connectivity index (χ1v) is 22.7. The number of pyridine rings is 3. The molecule has 6 aromatic rings. The summed E-state index contributed by atoms with van der Waals surface area (Å²) in [6.07, 6.45) is 1.65. The molecule has 9 heterocycles. The lowest BCUT2D eigenvalue weighted by Gasteiger charge is -2.32. The van der Waals surface area contributed by atoms with Crippen LogP contribution in [-0.2, 0) is 34.0 Å². The van der Waals surface area contributed by atoms with E-state index >= 15 is 0 Å². The molecular weight excluding hydrogens is 855 g/mol. The Kier molecular flexibility index (Phi) is 14.2. The number of anilines is 1. The van der Waals surface area contributed by atoms with Crippen molar-refractivity contribution in [2.24, 2.45) is 0 Å². The Morgan fingerprint density at radius 2 is 1.08 bits per heavy atom. The Bertz CT molecular complexity index is 2770. The molecule has 9 rings (SSSR count). The number of fused-ring (bicyclic) bond motifs is 3. The van der Waals surface area contributed by atoms with E-state index in [2.05, 4.69) is 30.5 Å². The number of aryl methyl sites for hydroxylation is 3. The maximum Gasteiger partial charge on any atom is 0.270 e. The molecule has 22 heteroatoms. The average Bonchev–Trinajstić information content (AvgIpc) is 3.87. The van der Waals surface area contributed by atoms with E-state index in [-0.39, 0.29) is 54.0 Å². The van der Waals surface area contributed by atoms with Gasteiger partial charge < -0.3 is 36.0 Å². The Hall–Kier alpha value is -5.39. The molecule has 6 aromatic heterocycles. The summed E-state index contributed by atoms with van der Waals surface area (Å²) in [5.74, 6) is 0.367. The highest BCUT2D eigenvalue weighted by atomic mass is 32.1. The molecule has 4 N–H and O–H groups in total. The largest absolute Gasteiger partial charge is 0.384 e. The topological polar surface area (TPSA) is 219 Å². The van der Waals surface area contributed by atoms with Crippen LogP contribution in [0.5, 0.6) is 0 Å². The minimum absolute atomic E-state index is 0.000434. The van der Waals surface area contributed by atoms with Crippen molar-refractivity contribution in [3.8, 4) is 0 Å². The standard InChI is InChI=1S/C14H19N5O2S.C14H18N4O2S.C12H14N4O2S/c1-9-7-10(15)16-13-12(9)14(21)19(22-13)8-11(20)18-5-3-17(2)4-6-18;1-9-7-10(2)16-13-12(9)14(20)18(21-13)8-11(19)17-5-3-15-4-6-17;17-10(15-6-4-13-5-7-15)8-16-12(18)9-2-1-3-14-11(9)19-16/h7H,3-6,8H2,1-2H3,(H2,15,16);7,15H,3-6,8H2,1-2H3;1-3,13H,4-8H2. The molecule has 330 valence electrons. The summed E-state index contributed by atoms with van der Waals surface area (Å²) in [6, 6.07) is 7.06. The second-order valence-corrected chi connectivity index (χ2v) is 18.4. The molecule has 3 aliphatic rings. The summed E-state index contributed by atoms with van der Waals surface area (Å²) in [7, 11) is 2.04. The van der Waals surface area contributed by atoms with E-state index in [0.29, 0.717) is 75.7 Å². The number of nitrogens with two attached hydrogens (primary N) is 1. The van der Waals surface area contributed by atoms with Crippen LogP contribution in [0.3, 0.4) is 0 Å². The summed E-state index contributed by atoms with van der Waals surface area (Å²) in [5.41, 5.74) is 7.94. The van der Waals surface area contributed by atoms with E-state index in [4.69, 9.17) is 5.73 Å². The summed E-state index contributed by atoms with van der Waals surface area (Å²) in [4.78, 5) is 96.0. The van der Waals surface area contributed by atoms with Gasteiger partial charge in [-0.25, -0.2) is 15.0 Å². The predicted octanol–water partition coefficient (Wildman–Crippen LogP) is 0.519. The van der Waals surface area contributed by atoms with E-state index in [9.17, 15) is 28.8 Å². The van der Waals surface area contributed by atoms with Crippen molar-refractivity contribution in [3.63, 3.8) is 0 Å². The SMILES string of the molecule is Cc1cc(C)c2c(=O)n(CC(=O)N3CCNCC3)sc2n1.Cc1cc(N)nc2sn(CC(=O)N3CCN(C)CC3)c(=O)c12.O=C(Cn1sc2ncccc2c1=O)N1CCNCC1. The van der Waals surface area contributed by atoms with Gasteiger partial charge >= 0.3 is 0 Å². The number of carbonyl (C=O) groups excluding carboxylic acids is 3. The molecule has 0 aliphatic carbocycles. The Balaban J connectivity index is 0.000000140.